The van der Waals surface area contributed by atoms with Gasteiger partial charge in [0.25, 0.3) is 0 Å². The molecule has 0 aliphatic rings. The molecule has 90 valence electrons. The van der Waals surface area contributed by atoms with Crippen LogP contribution in [0.2, 0.25) is 0 Å². The molecule has 0 aromatic heterocycles. The van der Waals surface area contributed by atoms with Gasteiger partial charge in [-0.1, -0.05) is 30.3 Å². The zero-order valence-electron chi connectivity index (χ0n) is 9.77. The van der Waals surface area contributed by atoms with Gasteiger partial charge in [-0.15, -0.1) is 11.6 Å². The van der Waals surface area contributed by atoms with Crippen molar-refractivity contribution in [1.82, 2.24) is 0 Å². The molecule has 0 radical (unpaired) electrons. The van der Waals surface area contributed by atoms with Crippen LogP contribution in [0.15, 0.2) is 30.3 Å². The maximum absolute atomic E-state index is 6.02. The van der Waals surface area contributed by atoms with Crippen molar-refractivity contribution in [3.05, 3.63) is 35.9 Å². The third-order valence-corrected chi connectivity index (χ3v) is 6.30. The molecule has 0 fully saturated rings. The first-order valence-electron chi connectivity index (χ1n) is 5.00. The van der Waals surface area contributed by atoms with Crippen molar-refractivity contribution in [3.8, 4) is 0 Å². The quantitative estimate of drug-likeness (QED) is 0.581. The van der Waals surface area contributed by atoms with E-state index in [-0.39, 0.29) is 5.54 Å². The van der Waals surface area contributed by atoms with Crippen molar-refractivity contribution in [2.75, 3.05) is 27.2 Å². The lowest BCUT2D eigenvalue weighted by atomic mass is 10.2. The Kier molecular flexibility index (Phi) is 5.44. The summed E-state index contributed by atoms with van der Waals surface area (Å²) in [6.07, 6.45) is 0. The molecule has 0 spiro atoms. The van der Waals surface area contributed by atoms with Crippen LogP contribution in [0.25, 0.3) is 0 Å². The Morgan fingerprint density at radius 3 is 1.94 bits per heavy atom. The molecule has 0 aliphatic heterocycles. The molecular weight excluding hydrogens is 244 g/mol. The molecule has 0 aliphatic carbocycles. The van der Waals surface area contributed by atoms with Gasteiger partial charge >= 0.3 is 8.80 Å². The van der Waals surface area contributed by atoms with Gasteiger partial charge in [0, 0.05) is 27.2 Å². The topological polar surface area (TPSA) is 27.7 Å². The molecule has 0 heterocycles. The number of alkyl halides is 1. The summed E-state index contributed by atoms with van der Waals surface area (Å²) >= 11 is 6.02. The first kappa shape index (κ1) is 13.7. The molecule has 5 heteroatoms. The molecule has 0 saturated carbocycles. The van der Waals surface area contributed by atoms with Gasteiger partial charge in [-0.05, 0) is 5.56 Å². The van der Waals surface area contributed by atoms with Crippen LogP contribution in [0.5, 0.6) is 0 Å². The second kappa shape index (κ2) is 6.37. The van der Waals surface area contributed by atoms with Crippen LogP contribution >= 0.6 is 11.6 Å². The third-order valence-electron chi connectivity index (χ3n) is 2.64. The third kappa shape index (κ3) is 2.64. The summed E-state index contributed by atoms with van der Waals surface area (Å²) in [5, 5.41) is 0. The predicted molar refractivity (Wildman–Crippen MR) is 66.7 cm³/mol. The molecule has 16 heavy (non-hydrogen) atoms. The summed E-state index contributed by atoms with van der Waals surface area (Å²) in [6.45, 7) is 0. The van der Waals surface area contributed by atoms with Crippen LogP contribution in [0, 0.1) is 0 Å². The summed E-state index contributed by atoms with van der Waals surface area (Å²) in [6, 6.07) is 9.91. The van der Waals surface area contributed by atoms with Crippen molar-refractivity contribution in [3.63, 3.8) is 0 Å². The molecule has 1 aromatic carbocycles. The Balaban J connectivity index is 3.05. The fraction of sp³-hybridized carbons (Fsp3) is 0.455. The minimum absolute atomic E-state index is 0.0460. The van der Waals surface area contributed by atoms with Crippen molar-refractivity contribution in [2.45, 2.75) is 5.54 Å². The van der Waals surface area contributed by atoms with Crippen molar-refractivity contribution >= 4 is 20.4 Å². The van der Waals surface area contributed by atoms with Crippen LogP contribution in [0.3, 0.4) is 0 Å². The Morgan fingerprint density at radius 1 is 1.06 bits per heavy atom. The summed E-state index contributed by atoms with van der Waals surface area (Å²) < 4.78 is 16.4. The van der Waals surface area contributed by atoms with Gasteiger partial charge < -0.3 is 13.3 Å². The molecule has 3 nitrogen and oxygen atoms in total. The molecule has 0 N–H and O–H groups in total. The molecule has 1 unspecified atom stereocenters. The molecular formula is C11H17ClO3Si. The molecule has 0 bridgehead atoms. The number of hydrogen-bond acceptors (Lipinski definition) is 3. The van der Waals surface area contributed by atoms with E-state index in [1.165, 1.54) is 0 Å². The highest BCUT2D eigenvalue weighted by molar-refractivity contribution is 6.63. The second-order valence-electron chi connectivity index (χ2n) is 3.33. The zero-order chi connectivity index (χ0) is 12.0. The van der Waals surface area contributed by atoms with E-state index in [2.05, 4.69) is 0 Å². The minimum Gasteiger partial charge on any atom is -0.376 e. The van der Waals surface area contributed by atoms with Gasteiger partial charge in [0.15, 0.2) is 0 Å². The van der Waals surface area contributed by atoms with Gasteiger partial charge in [0.2, 0.25) is 0 Å². The summed E-state index contributed by atoms with van der Waals surface area (Å²) in [4.78, 5) is 0. The predicted octanol–water partition coefficient (Wildman–Crippen LogP) is 2.43. The van der Waals surface area contributed by atoms with Crippen LogP contribution in [0.4, 0.5) is 0 Å². The largest absolute Gasteiger partial charge is 0.509 e. The Labute approximate surface area is 103 Å². The van der Waals surface area contributed by atoms with E-state index in [4.69, 9.17) is 24.9 Å². The fourth-order valence-corrected chi connectivity index (χ4v) is 4.64. The van der Waals surface area contributed by atoms with Crippen LogP contribution in [-0.4, -0.2) is 36.0 Å². The van der Waals surface area contributed by atoms with Crippen LogP contribution in [-0.2, 0) is 13.3 Å². The molecule has 1 atom stereocenters. The second-order valence-corrected chi connectivity index (χ2v) is 6.77. The highest BCUT2D eigenvalue weighted by Gasteiger charge is 2.47. The van der Waals surface area contributed by atoms with E-state index in [1.54, 1.807) is 21.3 Å². The minimum atomic E-state index is -2.72. The van der Waals surface area contributed by atoms with Crippen molar-refractivity contribution in [1.29, 1.82) is 0 Å². The number of rotatable bonds is 6. The lowest BCUT2D eigenvalue weighted by Crippen LogP contribution is -2.50. The van der Waals surface area contributed by atoms with E-state index in [0.717, 1.165) is 5.56 Å². The molecule has 0 saturated heterocycles. The Hall–Kier alpha value is -0.393. The summed E-state index contributed by atoms with van der Waals surface area (Å²) in [7, 11) is 2.08. The molecule has 1 rings (SSSR count). The lowest BCUT2D eigenvalue weighted by molar-refractivity contribution is 0.115. The molecule has 1 aromatic rings. The summed E-state index contributed by atoms with van der Waals surface area (Å²) in [5.41, 5.74) is 1.03. The number of hydrogen-bond donors (Lipinski definition) is 0. The van der Waals surface area contributed by atoms with Crippen LogP contribution < -0.4 is 0 Å². The maximum atomic E-state index is 6.02. The van der Waals surface area contributed by atoms with Gasteiger partial charge in [-0.3, -0.25) is 0 Å². The van der Waals surface area contributed by atoms with Gasteiger partial charge in [-0.2, -0.15) is 0 Å². The van der Waals surface area contributed by atoms with Gasteiger partial charge in [0.1, 0.15) is 0 Å². The number of halogens is 1. The standard InChI is InChI=1S/C11H17ClO3Si/c1-13-16(14-2,15-3)11(9-12)10-7-5-4-6-8-10/h4-8,11H,9H2,1-3H3. The van der Waals surface area contributed by atoms with Crippen molar-refractivity contribution in [2.24, 2.45) is 0 Å². The fourth-order valence-electron chi connectivity index (χ4n) is 1.75. The average molecular weight is 261 g/mol. The van der Waals surface area contributed by atoms with E-state index in [0.29, 0.717) is 5.88 Å². The normalized spacial score (nSPS) is 13.8. The van der Waals surface area contributed by atoms with Crippen molar-refractivity contribution < 1.29 is 13.3 Å². The van der Waals surface area contributed by atoms with E-state index >= 15 is 0 Å². The first-order valence-corrected chi connectivity index (χ1v) is 7.34. The smallest absolute Gasteiger partial charge is 0.376 e. The summed E-state index contributed by atoms with van der Waals surface area (Å²) in [5.74, 6) is 0.408. The molecule has 0 amide bonds. The van der Waals surface area contributed by atoms with E-state index in [9.17, 15) is 0 Å². The monoisotopic (exact) mass is 260 g/mol. The van der Waals surface area contributed by atoms with E-state index < -0.39 is 8.80 Å². The Morgan fingerprint density at radius 2 is 1.56 bits per heavy atom. The SMILES string of the molecule is CO[Si](OC)(OC)C(CCl)c1ccccc1. The highest BCUT2D eigenvalue weighted by atomic mass is 35.5. The lowest BCUT2D eigenvalue weighted by Gasteiger charge is -2.31. The average Bonchev–Trinajstić information content (AvgIpc) is 2.37. The zero-order valence-corrected chi connectivity index (χ0v) is 11.5. The van der Waals surface area contributed by atoms with Gasteiger partial charge in [-0.25, -0.2) is 0 Å². The number of benzene rings is 1. The highest BCUT2D eigenvalue weighted by Crippen LogP contribution is 2.29. The maximum Gasteiger partial charge on any atom is 0.509 e. The first-order chi connectivity index (χ1) is 7.74. The van der Waals surface area contributed by atoms with E-state index in [1.807, 2.05) is 30.3 Å². The van der Waals surface area contributed by atoms with Crippen LogP contribution in [0.1, 0.15) is 11.1 Å². The Bertz CT molecular complexity index is 295. The van der Waals surface area contributed by atoms with Gasteiger partial charge in [0.05, 0.1) is 5.54 Å².